The summed E-state index contributed by atoms with van der Waals surface area (Å²) in [5.41, 5.74) is 9.02. The van der Waals surface area contributed by atoms with Crippen LogP contribution < -0.4 is 0 Å². The Morgan fingerprint density at radius 3 is 2.12 bits per heavy atom. The molecule has 0 saturated carbocycles. The Balaban J connectivity index is 0.00000245. The molecule has 0 saturated heterocycles. The van der Waals surface area contributed by atoms with Crippen molar-refractivity contribution < 1.29 is 21.1 Å². The van der Waals surface area contributed by atoms with E-state index in [0.717, 1.165) is 72.9 Å². The zero-order valence-corrected chi connectivity index (χ0v) is 23.0. The van der Waals surface area contributed by atoms with Crippen LogP contribution in [0.4, 0.5) is 0 Å². The van der Waals surface area contributed by atoms with Crippen molar-refractivity contribution in [3.63, 3.8) is 0 Å². The van der Waals surface area contributed by atoms with Gasteiger partial charge in [0.2, 0.25) is 17.3 Å². The minimum atomic E-state index is 0. The van der Waals surface area contributed by atoms with E-state index in [1.54, 1.807) is 0 Å². The topological polar surface area (TPSA) is 64.8 Å². The van der Waals surface area contributed by atoms with Gasteiger partial charge in [0, 0.05) is 5.56 Å². The van der Waals surface area contributed by atoms with Crippen molar-refractivity contribution in [2.75, 3.05) is 0 Å². The molecule has 0 aliphatic carbocycles. The number of imidazole rings is 3. The molecule has 9 aromatic rings. The summed E-state index contributed by atoms with van der Waals surface area (Å²) >= 11 is 0. The molecule has 0 fully saturated rings. The fraction of sp³-hybridized carbons (Fsp3) is 0. The van der Waals surface area contributed by atoms with E-state index in [4.69, 9.17) is 19.9 Å². The molecule has 0 aliphatic heterocycles. The summed E-state index contributed by atoms with van der Waals surface area (Å²) in [7, 11) is 0. The second-order valence-electron chi connectivity index (χ2n) is 9.49. The van der Waals surface area contributed by atoms with E-state index >= 15 is 0 Å². The quantitative estimate of drug-likeness (QED) is 0.196. The van der Waals surface area contributed by atoms with Crippen LogP contribution in [0.3, 0.4) is 0 Å². The van der Waals surface area contributed by atoms with Crippen LogP contribution in [0.1, 0.15) is 0 Å². The van der Waals surface area contributed by atoms with Gasteiger partial charge < -0.3 is 0 Å². The van der Waals surface area contributed by atoms with E-state index in [1.165, 1.54) is 0 Å². The van der Waals surface area contributed by atoms with Gasteiger partial charge in [-0.25, -0.2) is 18.8 Å². The fourth-order valence-electron chi connectivity index (χ4n) is 5.57. The average molecular weight is 695 g/mol. The number of benzene rings is 4. The van der Waals surface area contributed by atoms with Crippen molar-refractivity contribution in [2.45, 2.75) is 0 Å². The van der Waals surface area contributed by atoms with Gasteiger partial charge in [-0.1, -0.05) is 36.4 Å². The Labute approximate surface area is 241 Å². The van der Waals surface area contributed by atoms with Gasteiger partial charge in [-0.2, -0.15) is 18.2 Å². The van der Waals surface area contributed by atoms with Gasteiger partial charge in [-0.15, -0.1) is 42.0 Å². The maximum absolute atomic E-state index is 5.23. The first-order valence-corrected chi connectivity index (χ1v) is 12.7. The molecule has 0 spiro atoms. The van der Waals surface area contributed by atoms with Gasteiger partial charge in [0.1, 0.15) is 5.52 Å². The minimum absolute atomic E-state index is 0. The van der Waals surface area contributed by atoms with Crippen LogP contribution in [0.2, 0.25) is 0 Å². The second kappa shape index (κ2) is 8.57. The van der Waals surface area contributed by atoms with Crippen molar-refractivity contribution >= 4 is 50.4 Å². The van der Waals surface area contributed by atoms with Crippen molar-refractivity contribution in [3.05, 3.63) is 115 Å². The van der Waals surface area contributed by atoms with Crippen LogP contribution in [0, 0.1) is 12.1 Å². The zero-order valence-electron chi connectivity index (χ0n) is 20.8. The number of rotatable bonds is 2. The molecule has 8 heteroatoms. The first-order valence-electron chi connectivity index (χ1n) is 12.7. The third kappa shape index (κ3) is 3.09. The molecule has 0 amide bonds. The Morgan fingerprint density at radius 2 is 1.20 bits per heavy atom. The molecule has 5 aromatic heterocycles. The van der Waals surface area contributed by atoms with E-state index in [-0.39, 0.29) is 21.1 Å². The molecule has 4 aromatic carbocycles. The minimum Gasteiger partial charge on any atom is -0.296 e. The Bertz CT molecular complexity index is 2390. The van der Waals surface area contributed by atoms with Gasteiger partial charge in [-0.3, -0.25) is 14.4 Å². The van der Waals surface area contributed by atoms with Crippen LogP contribution in [0.15, 0.2) is 103 Å². The Kier molecular flexibility index (Phi) is 4.94. The summed E-state index contributed by atoms with van der Waals surface area (Å²) in [6.07, 6.45) is 0. The zero-order chi connectivity index (χ0) is 25.5. The molecular formula is C32H17N7Pt. The molecule has 0 radical (unpaired) electrons. The van der Waals surface area contributed by atoms with Gasteiger partial charge in [0.05, 0.1) is 22.2 Å². The first kappa shape index (κ1) is 23.1. The van der Waals surface area contributed by atoms with Crippen molar-refractivity contribution in [3.8, 4) is 22.5 Å². The predicted molar refractivity (Wildman–Crippen MR) is 152 cm³/mol. The monoisotopic (exact) mass is 694 g/mol. The molecule has 0 N–H and O–H groups in total. The van der Waals surface area contributed by atoms with Crippen molar-refractivity contribution in [1.82, 2.24) is 33.1 Å². The van der Waals surface area contributed by atoms with E-state index in [9.17, 15) is 0 Å². The molecular weight excluding hydrogens is 677 g/mol. The van der Waals surface area contributed by atoms with Crippen LogP contribution in [-0.2, 0) is 21.1 Å². The van der Waals surface area contributed by atoms with Crippen LogP contribution in [0.5, 0.6) is 0 Å². The van der Waals surface area contributed by atoms with Gasteiger partial charge in [-0.05, 0) is 41.0 Å². The Morgan fingerprint density at radius 1 is 0.500 bits per heavy atom. The Hall–Kier alpha value is -4.87. The first-order chi connectivity index (χ1) is 19.3. The van der Waals surface area contributed by atoms with Crippen LogP contribution in [-0.4, -0.2) is 33.1 Å². The largest absolute Gasteiger partial charge is 2.00 e. The number of para-hydroxylation sites is 4. The number of nitrogens with zero attached hydrogens (tertiary/aromatic N) is 7. The van der Waals surface area contributed by atoms with E-state index < -0.39 is 0 Å². The summed E-state index contributed by atoms with van der Waals surface area (Å²) < 4.78 is 6.29. The summed E-state index contributed by atoms with van der Waals surface area (Å²) in [4.78, 5) is 20.3. The fourth-order valence-corrected chi connectivity index (χ4v) is 5.57. The maximum Gasteiger partial charge on any atom is 2.00 e. The molecule has 7 nitrogen and oxygen atoms in total. The molecule has 0 unspecified atom stereocenters. The molecule has 9 rings (SSSR count). The molecule has 190 valence electrons. The third-order valence-electron chi connectivity index (χ3n) is 7.28. The summed E-state index contributed by atoms with van der Waals surface area (Å²) in [6, 6.07) is 40.8. The molecule has 40 heavy (non-hydrogen) atoms. The summed E-state index contributed by atoms with van der Waals surface area (Å²) in [6.45, 7) is 0. The number of fused-ring (bicyclic) bond motifs is 12. The number of pyridine rings is 1. The maximum atomic E-state index is 5.23. The van der Waals surface area contributed by atoms with Crippen LogP contribution >= 0.6 is 0 Å². The van der Waals surface area contributed by atoms with Crippen LogP contribution in [0.25, 0.3) is 72.9 Å². The molecule has 0 atom stereocenters. The molecule has 5 heterocycles. The van der Waals surface area contributed by atoms with E-state index in [1.807, 2.05) is 78.9 Å². The molecule has 0 aliphatic rings. The van der Waals surface area contributed by atoms with Crippen molar-refractivity contribution in [1.29, 1.82) is 0 Å². The summed E-state index contributed by atoms with van der Waals surface area (Å²) in [5, 5.41) is 0. The van der Waals surface area contributed by atoms with E-state index in [2.05, 4.69) is 49.6 Å². The standard InChI is InChI=1S/C32H17N7.Pt/c1-2-10-20(11-3-1)22-15-9-16-23(33-22)21-12-8-19-28-29(21)36-32-38-27-18-7-5-14-25(27)34-30(38)37-26-17-6-4-13-24(26)35-31(37)39(28)32;/h1-10,12-17,19H;/q-2;+2. The summed E-state index contributed by atoms with van der Waals surface area (Å²) in [5.74, 6) is 2.24. The SMILES string of the molecule is [Pt+2].[c-]1ccccc1-c1cccc(-c2cccc3c2nc2n4c5[c-]cccc5nc4n4c5ccccc5nc4n32)n1. The number of aromatic nitrogens is 7. The van der Waals surface area contributed by atoms with E-state index in [0.29, 0.717) is 0 Å². The van der Waals surface area contributed by atoms with Gasteiger partial charge >= 0.3 is 21.1 Å². The second-order valence-corrected chi connectivity index (χ2v) is 9.49. The number of hydrogen-bond acceptors (Lipinski definition) is 4. The normalized spacial score (nSPS) is 11.8. The number of hydrogen-bond donors (Lipinski definition) is 0. The van der Waals surface area contributed by atoms with Gasteiger partial charge in [0.15, 0.2) is 0 Å². The molecule has 0 bridgehead atoms. The smallest absolute Gasteiger partial charge is 0.296 e. The van der Waals surface area contributed by atoms with Crippen molar-refractivity contribution in [2.24, 2.45) is 0 Å². The average Bonchev–Trinajstić information content (AvgIpc) is 3.68. The predicted octanol–water partition coefficient (Wildman–Crippen LogP) is 6.42. The van der Waals surface area contributed by atoms with Gasteiger partial charge in [0.25, 0.3) is 0 Å². The third-order valence-corrected chi connectivity index (χ3v) is 7.28.